The highest BCUT2D eigenvalue weighted by molar-refractivity contribution is 6.00. The fourth-order valence-corrected chi connectivity index (χ4v) is 4.75. The number of ketones is 1. The van der Waals surface area contributed by atoms with Crippen molar-refractivity contribution in [2.24, 2.45) is 5.92 Å². The number of carbonyl (C=O) groups is 1. The third-order valence-electron chi connectivity index (χ3n) is 7.11. The number of nitrogens with zero attached hydrogens (tertiary/aromatic N) is 3. The molecule has 0 spiro atoms. The standard InChI is InChI=1S/C27H33N5O/c1-32-14-11-19(12-15-32)17-30-27-23(7-8-24(31-27)20-4-5-20)25(33)9-3-18-2-6-22-21(16-18)10-13-29-26(22)28/h2,6-8,10,13,16,19-20H,3-5,9,11-12,14-15,17H2,1H3,(H2,28,29)(H,30,31). The Morgan fingerprint density at radius 1 is 1.12 bits per heavy atom. The second-order valence-electron chi connectivity index (χ2n) is 9.71. The summed E-state index contributed by atoms with van der Waals surface area (Å²) in [6.07, 6.45) is 7.67. The van der Waals surface area contributed by atoms with Crippen molar-refractivity contribution < 1.29 is 4.79 Å². The maximum absolute atomic E-state index is 13.2. The number of anilines is 2. The predicted octanol–water partition coefficient (Wildman–Crippen LogP) is 4.66. The highest BCUT2D eigenvalue weighted by atomic mass is 16.1. The number of rotatable bonds is 8. The van der Waals surface area contributed by atoms with Crippen LogP contribution in [0.5, 0.6) is 0 Å². The summed E-state index contributed by atoms with van der Waals surface area (Å²) in [5, 5.41) is 5.57. The predicted molar refractivity (Wildman–Crippen MR) is 134 cm³/mol. The molecule has 0 unspecified atom stereocenters. The Balaban J connectivity index is 1.28. The minimum atomic E-state index is 0.144. The quantitative estimate of drug-likeness (QED) is 0.493. The highest BCUT2D eigenvalue weighted by Crippen LogP contribution is 2.39. The van der Waals surface area contributed by atoms with Gasteiger partial charge < -0.3 is 16.0 Å². The van der Waals surface area contributed by atoms with Gasteiger partial charge in [0.2, 0.25) is 0 Å². The fraction of sp³-hybridized carbons (Fsp3) is 0.444. The largest absolute Gasteiger partial charge is 0.383 e. The zero-order valence-corrected chi connectivity index (χ0v) is 19.4. The third kappa shape index (κ3) is 5.17. The minimum Gasteiger partial charge on any atom is -0.383 e. The maximum atomic E-state index is 13.2. The normalized spacial score (nSPS) is 17.4. The van der Waals surface area contributed by atoms with Crippen LogP contribution in [-0.4, -0.2) is 47.3 Å². The van der Waals surface area contributed by atoms with E-state index < -0.39 is 0 Å². The van der Waals surface area contributed by atoms with Gasteiger partial charge in [-0.25, -0.2) is 9.97 Å². The van der Waals surface area contributed by atoms with Crippen LogP contribution < -0.4 is 11.1 Å². The molecular formula is C27H33N5O. The summed E-state index contributed by atoms with van der Waals surface area (Å²) >= 11 is 0. The molecule has 3 aromatic rings. The summed E-state index contributed by atoms with van der Waals surface area (Å²) in [6.45, 7) is 3.16. The highest BCUT2D eigenvalue weighted by Gasteiger charge is 2.27. The number of nitrogens with two attached hydrogens (primary N) is 1. The first-order chi connectivity index (χ1) is 16.1. The number of carbonyl (C=O) groups excluding carboxylic acids is 1. The molecule has 33 heavy (non-hydrogen) atoms. The van der Waals surface area contributed by atoms with Crippen molar-refractivity contribution in [2.45, 2.75) is 44.4 Å². The summed E-state index contributed by atoms with van der Waals surface area (Å²) in [4.78, 5) is 24.7. The van der Waals surface area contributed by atoms with Crippen molar-refractivity contribution in [3.05, 3.63) is 59.4 Å². The Bertz CT molecular complexity index is 1150. The number of fused-ring (bicyclic) bond motifs is 1. The van der Waals surface area contributed by atoms with E-state index in [0.717, 1.165) is 53.0 Å². The molecule has 3 heterocycles. The van der Waals surface area contributed by atoms with E-state index in [0.29, 0.717) is 30.5 Å². The van der Waals surface area contributed by atoms with Gasteiger partial charge in [-0.1, -0.05) is 18.2 Å². The first-order valence-corrected chi connectivity index (χ1v) is 12.2. The van der Waals surface area contributed by atoms with E-state index in [1.807, 2.05) is 24.3 Å². The van der Waals surface area contributed by atoms with Crippen molar-refractivity contribution in [1.82, 2.24) is 14.9 Å². The Hall–Kier alpha value is -2.99. The molecule has 1 saturated heterocycles. The molecule has 2 fully saturated rings. The summed E-state index contributed by atoms with van der Waals surface area (Å²) in [5.41, 5.74) is 8.94. The molecule has 0 atom stereocenters. The topological polar surface area (TPSA) is 84.1 Å². The molecule has 0 amide bonds. The van der Waals surface area contributed by atoms with Crippen molar-refractivity contribution in [1.29, 1.82) is 0 Å². The lowest BCUT2D eigenvalue weighted by Crippen LogP contribution is -2.33. The lowest BCUT2D eigenvalue weighted by atomic mass is 9.97. The second-order valence-corrected chi connectivity index (χ2v) is 9.71. The Morgan fingerprint density at radius 2 is 1.94 bits per heavy atom. The first-order valence-electron chi connectivity index (χ1n) is 12.2. The van der Waals surface area contributed by atoms with E-state index in [9.17, 15) is 4.79 Å². The SMILES string of the molecule is CN1CCC(CNc2nc(C3CC3)ccc2C(=O)CCc2ccc3c(N)nccc3c2)CC1. The van der Waals surface area contributed by atoms with E-state index in [2.05, 4.69) is 34.4 Å². The average Bonchev–Trinajstić information content (AvgIpc) is 3.68. The minimum absolute atomic E-state index is 0.144. The van der Waals surface area contributed by atoms with E-state index in [-0.39, 0.29) is 5.78 Å². The molecule has 0 radical (unpaired) electrons. The van der Waals surface area contributed by atoms with Crippen molar-refractivity contribution in [2.75, 3.05) is 37.7 Å². The Morgan fingerprint density at radius 3 is 2.73 bits per heavy atom. The van der Waals surface area contributed by atoms with E-state index in [4.69, 9.17) is 10.7 Å². The van der Waals surface area contributed by atoms with E-state index >= 15 is 0 Å². The van der Waals surface area contributed by atoms with Gasteiger partial charge in [0.15, 0.2) is 5.78 Å². The molecule has 1 aliphatic heterocycles. The van der Waals surface area contributed by atoms with E-state index in [1.54, 1.807) is 6.20 Å². The van der Waals surface area contributed by atoms with Crippen molar-refractivity contribution >= 4 is 28.2 Å². The average molecular weight is 444 g/mol. The number of nitrogens with one attached hydrogen (secondary N) is 1. The molecule has 0 bridgehead atoms. The summed E-state index contributed by atoms with van der Waals surface area (Å²) in [7, 11) is 2.18. The number of benzene rings is 1. The number of piperidine rings is 1. The molecular weight excluding hydrogens is 410 g/mol. The number of hydrogen-bond acceptors (Lipinski definition) is 6. The van der Waals surface area contributed by atoms with Crippen LogP contribution in [0.25, 0.3) is 10.8 Å². The molecule has 6 heteroatoms. The lowest BCUT2D eigenvalue weighted by molar-refractivity contribution is 0.0983. The van der Waals surface area contributed by atoms with Gasteiger partial charge in [0.25, 0.3) is 0 Å². The second kappa shape index (κ2) is 9.48. The smallest absolute Gasteiger partial charge is 0.166 e. The number of nitrogen functional groups attached to an aromatic ring is 1. The van der Waals surface area contributed by atoms with Crippen LogP contribution >= 0.6 is 0 Å². The molecule has 2 aliphatic rings. The molecule has 5 rings (SSSR count). The monoisotopic (exact) mass is 443 g/mol. The molecule has 172 valence electrons. The summed E-state index contributed by atoms with van der Waals surface area (Å²) in [6, 6.07) is 12.2. The van der Waals surface area contributed by atoms with Crippen molar-refractivity contribution in [3.8, 4) is 0 Å². The van der Waals surface area contributed by atoms with E-state index in [1.165, 1.54) is 25.7 Å². The zero-order valence-electron chi connectivity index (χ0n) is 19.4. The van der Waals surface area contributed by atoms with Crippen LogP contribution in [0.3, 0.4) is 0 Å². The van der Waals surface area contributed by atoms with Gasteiger partial charge in [-0.15, -0.1) is 0 Å². The Kier molecular flexibility index (Phi) is 6.27. The van der Waals surface area contributed by atoms with Gasteiger partial charge in [-0.3, -0.25) is 4.79 Å². The van der Waals surface area contributed by atoms with Crippen LogP contribution in [0.15, 0.2) is 42.6 Å². The summed E-state index contributed by atoms with van der Waals surface area (Å²) < 4.78 is 0. The summed E-state index contributed by atoms with van der Waals surface area (Å²) in [5.74, 6) is 2.66. The van der Waals surface area contributed by atoms with Crippen LogP contribution in [-0.2, 0) is 6.42 Å². The molecule has 2 aromatic heterocycles. The zero-order chi connectivity index (χ0) is 22.8. The number of aryl methyl sites for hydroxylation is 1. The first kappa shape index (κ1) is 21.8. The molecule has 6 nitrogen and oxygen atoms in total. The molecule has 1 saturated carbocycles. The van der Waals surface area contributed by atoms with Gasteiger partial charge >= 0.3 is 0 Å². The van der Waals surface area contributed by atoms with Gasteiger partial charge in [0.1, 0.15) is 11.6 Å². The fourth-order valence-electron chi connectivity index (χ4n) is 4.75. The Labute approximate surface area is 195 Å². The number of aromatic nitrogens is 2. The maximum Gasteiger partial charge on any atom is 0.166 e. The van der Waals surface area contributed by atoms with Gasteiger partial charge in [0.05, 0.1) is 5.56 Å². The van der Waals surface area contributed by atoms with Gasteiger partial charge in [0, 0.05) is 36.2 Å². The molecule has 1 aromatic carbocycles. The number of pyridine rings is 2. The van der Waals surface area contributed by atoms with Crippen LogP contribution in [0.1, 0.15) is 59.6 Å². The van der Waals surface area contributed by atoms with Gasteiger partial charge in [-0.2, -0.15) is 0 Å². The van der Waals surface area contributed by atoms with Crippen molar-refractivity contribution in [3.63, 3.8) is 0 Å². The number of hydrogen-bond donors (Lipinski definition) is 2. The lowest BCUT2D eigenvalue weighted by Gasteiger charge is -2.29. The number of Topliss-reactive ketones (excluding diaryl/α,β-unsaturated/α-hetero) is 1. The van der Waals surface area contributed by atoms with Crippen LogP contribution in [0.4, 0.5) is 11.6 Å². The van der Waals surface area contributed by atoms with Crippen LogP contribution in [0.2, 0.25) is 0 Å². The third-order valence-corrected chi connectivity index (χ3v) is 7.11. The molecule has 1 aliphatic carbocycles. The molecule has 3 N–H and O–H groups in total. The number of likely N-dealkylation sites (tertiary alicyclic amines) is 1. The van der Waals surface area contributed by atoms with Gasteiger partial charge in [-0.05, 0) is 87.3 Å². The van der Waals surface area contributed by atoms with Crippen LogP contribution in [0, 0.1) is 5.92 Å².